The fourth-order valence-corrected chi connectivity index (χ4v) is 2.55. The van der Waals surface area contributed by atoms with Crippen molar-refractivity contribution in [1.82, 2.24) is 24.5 Å². The van der Waals surface area contributed by atoms with Gasteiger partial charge in [0.2, 0.25) is 5.95 Å². The molecule has 6 nitrogen and oxygen atoms in total. The van der Waals surface area contributed by atoms with Gasteiger partial charge in [0.05, 0.1) is 6.20 Å². The molecule has 1 unspecified atom stereocenters. The van der Waals surface area contributed by atoms with Gasteiger partial charge in [0, 0.05) is 24.5 Å². The first-order valence-corrected chi connectivity index (χ1v) is 6.73. The molecule has 21 heavy (non-hydrogen) atoms. The molecule has 1 aromatic carbocycles. The lowest BCUT2D eigenvalue weighted by Gasteiger charge is -2.23. The van der Waals surface area contributed by atoms with E-state index in [0.29, 0.717) is 0 Å². The third-order valence-corrected chi connectivity index (χ3v) is 3.56. The number of hydrogen-bond acceptors (Lipinski definition) is 4. The van der Waals surface area contributed by atoms with Crippen molar-refractivity contribution in [3.8, 4) is 0 Å². The lowest BCUT2D eigenvalue weighted by atomic mass is 10.0. The Morgan fingerprint density at radius 2 is 2.00 bits per heavy atom. The summed E-state index contributed by atoms with van der Waals surface area (Å²) < 4.78 is 3.66. The highest BCUT2D eigenvalue weighted by molar-refractivity contribution is 5.76. The van der Waals surface area contributed by atoms with Gasteiger partial charge in [-0.3, -0.25) is 4.68 Å². The van der Waals surface area contributed by atoms with E-state index in [1.807, 2.05) is 42.3 Å². The number of fused-ring (bicyclic) bond motifs is 1. The van der Waals surface area contributed by atoms with Gasteiger partial charge < -0.3 is 5.32 Å². The predicted octanol–water partition coefficient (Wildman–Crippen LogP) is 2.07. The highest BCUT2D eigenvalue weighted by Gasteiger charge is 2.24. The summed E-state index contributed by atoms with van der Waals surface area (Å²) in [7, 11) is 1.91. The zero-order valence-corrected chi connectivity index (χ0v) is 11.5. The molecular weight excluding hydrogens is 264 g/mol. The zero-order chi connectivity index (χ0) is 14.2. The number of aryl methyl sites for hydroxylation is 1. The molecule has 6 heteroatoms. The summed E-state index contributed by atoms with van der Waals surface area (Å²) in [6.45, 7) is 0. The topological polar surface area (TPSA) is 60.6 Å². The second-order valence-corrected chi connectivity index (χ2v) is 4.99. The van der Waals surface area contributed by atoms with Crippen LogP contribution >= 0.6 is 0 Å². The first-order chi connectivity index (χ1) is 10.3. The van der Waals surface area contributed by atoms with Gasteiger partial charge in [-0.05, 0) is 11.6 Å². The molecule has 1 aliphatic rings. The van der Waals surface area contributed by atoms with E-state index in [0.717, 1.165) is 22.8 Å². The molecule has 104 valence electrons. The summed E-state index contributed by atoms with van der Waals surface area (Å²) >= 11 is 0. The van der Waals surface area contributed by atoms with Crippen LogP contribution in [0.5, 0.6) is 0 Å². The maximum Gasteiger partial charge on any atom is 0.226 e. The molecule has 1 aliphatic heterocycles. The number of allylic oxidation sites excluding steroid dienone is 1. The van der Waals surface area contributed by atoms with Gasteiger partial charge >= 0.3 is 0 Å². The van der Waals surface area contributed by atoms with Crippen LogP contribution in [0.2, 0.25) is 0 Å². The molecule has 0 fully saturated rings. The molecule has 0 spiro atoms. The van der Waals surface area contributed by atoms with Gasteiger partial charge in [-0.25, -0.2) is 4.68 Å². The Hall–Kier alpha value is -2.89. The van der Waals surface area contributed by atoms with Crippen LogP contribution in [0.3, 0.4) is 0 Å². The summed E-state index contributed by atoms with van der Waals surface area (Å²) in [6.07, 6.45) is 7.57. The van der Waals surface area contributed by atoms with Crippen LogP contribution in [0.15, 0.2) is 55.1 Å². The smallest absolute Gasteiger partial charge is 0.226 e. The molecule has 4 rings (SSSR count). The van der Waals surface area contributed by atoms with E-state index >= 15 is 0 Å². The molecule has 0 saturated carbocycles. The number of aromatic nitrogens is 5. The fourth-order valence-electron chi connectivity index (χ4n) is 2.55. The Morgan fingerprint density at radius 3 is 2.76 bits per heavy atom. The van der Waals surface area contributed by atoms with E-state index < -0.39 is 0 Å². The normalized spacial score (nSPS) is 17.0. The van der Waals surface area contributed by atoms with E-state index in [-0.39, 0.29) is 6.04 Å². The minimum absolute atomic E-state index is 0.00680. The summed E-state index contributed by atoms with van der Waals surface area (Å²) in [5.74, 6) is 0.741. The fraction of sp³-hybridized carbons (Fsp3) is 0.133. The van der Waals surface area contributed by atoms with Crippen LogP contribution in [0, 0.1) is 0 Å². The first-order valence-electron chi connectivity index (χ1n) is 6.73. The number of nitrogens with zero attached hydrogens (tertiary/aromatic N) is 5. The van der Waals surface area contributed by atoms with E-state index in [1.54, 1.807) is 11.0 Å². The van der Waals surface area contributed by atoms with Gasteiger partial charge in [-0.15, -0.1) is 0 Å². The number of hydrogen-bond donors (Lipinski definition) is 1. The Balaban J connectivity index is 1.82. The highest BCUT2D eigenvalue weighted by atomic mass is 15.4. The molecule has 0 radical (unpaired) electrons. The first kappa shape index (κ1) is 11.9. The standard InChI is InChI=1S/C15H14N6/c1-20-9-12(8-17-20)14-7-13(11-5-3-2-4-6-11)19-15-16-10-18-21(14)15/h2-10,14H,1H3,(H,16,18,19). The zero-order valence-electron chi connectivity index (χ0n) is 11.5. The third-order valence-electron chi connectivity index (χ3n) is 3.56. The van der Waals surface area contributed by atoms with Gasteiger partial charge in [-0.1, -0.05) is 30.3 Å². The number of benzene rings is 1. The minimum Gasteiger partial charge on any atom is -0.324 e. The molecule has 0 amide bonds. The number of rotatable bonds is 2. The van der Waals surface area contributed by atoms with E-state index in [4.69, 9.17) is 0 Å². The molecule has 0 aliphatic carbocycles. The van der Waals surface area contributed by atoms with Crippen LogP contribution in [0.1, 0.15) is 17.2 Å². The molecule has 2 aromatic heterocycles. The molecule has 0 saturated heterocycles. The molecule has 3 aromatic rings. The lowest BCUT2D eigenvalue weighted by molar-refractivity contribution is 0.611. The van der Waals surface area contributed by atoms with Gasteiger partial charge in [-0.2, -0.15) is 15.2 Å². The quantitative estimate of drug-likeness (QED) is 0.779. The van der Waals surface area contributed by atoms with Gasteiger partial charge in [0.15, 0.2) is 0 Å². The van der Waals surface area contributed by atoms with Crippen molar-refractivity contribution < 1.29 is 0 Å². The number of anilines is 1. The van der Waals surface area contributed by atoms with Crippen LogP contribution in [0.25, 0.3) is 5.70 Å². The van der Waals surface area contributed by atoms with Crippen LogP contribution < -0.4 is 5.32 Å². The molecule has 1 atom stereocenters. The van der Waals surface area contributed by atoms with Crippen LogP contribution in [0.4, 0.5) is 5.95 Å². The van der Waals surface area contributed by atoms with Crippen molar-refractivity contribution in [1.29, 1.82) is 0 Å². The SMILES string of the molecule is Cn1cc(C2C=C(c3ccccc3)Nc3ncnn32)cn1. The van der Waals surface area contributed by atoms with E-state index in [9.17, 15) is 0 Å². The van der Waals surface area contributed by atoms with Crippen molar-refractivity contribution in [2.45, 2.75) is 6.04 Å². The number of nitrogens with one attached hydrogen (secondary N) is 1. The van der Waals surface area contributed by atoms with Crippen molar-refractivity contribution in [2.24, 2.45) is 7.05 Å². The van der Waals surface area contributed by atoms with Crippen molar-refractivity contribution in [2.75, 3.05) is 5.32 Å². The summed E-state index contributed by atoms with van der Waals surface area (Å²) in [5.41, 5.74) is 3.24. The van der Waals surface area contributed by atoms with Gasteiger partial charge in [0.1, 0.15) is 12.4 Å². The molecule has 0 bridgehead atoms. The predicted molar refractivity (Wildman–Crippen MR) is 79.4 cm³/mol. The monoisotopic (exact) mass is 278 g/mol. The minimum atomic E-state index is -0.00680. The van der Waals surface area contributed by atoms with Crippen LogP contribution in [-0.2, 0) is 7.05 Å². The van der Waals surface area contributed by atoms with Crippen LogP contribution in [-0.4, -0.2) is 24.5 Å². The third kappa shape index (κ3) is 2.01. The summed E-state index contributed by atoms with van der Waals surface area (Å²) in [4.78, 5) is 4.29. The van der Waals surface area contributed by atoms with Crippen molar-refractivity contribution in [3.63, 3.8) is 0 Å². The second kappa shape index (κ2) is 4.59. The summed E-state index contributed by atoms with van der Waals surface area (Å²) in [5, 5.41) is 11.9. The largest absolute Gasteiger partial charge is 0.324 e. The highest BCUT2D eigenvalue weighted by Crippen LogP contribution is 2.31. The Morgan fingerprint density at radius 1 is 1.14 bits per heavy atom. The maximum absolute atomic E-state index is 4.31. The average Bonchev–Trinajstić information content (AvgIpc) is 3.15. The van der Waals surface area contributed by atoms with E-state index in [1.165, 1.54) is 0 Å². The Kier molecular flexibility index (Phi) is 2.60. The Labute approximate surface area is 121 Å². The molecule has 3 heterocycles. The average molecular weight is 278 g/mol. The molecular formula is C15H14N6. The van der Waals surface area contributed by atoms with Crippen molar-refractivity contribution >= 4 is 11.6 Å². The van der Waals surface area contributed by atoms with Gasteiger partial charge in [0.25, 0.3) is 0 Å². The van der Waals surface area contributed by atoms with E-state index in [2.05, 4.69) is 38.7 Å². The maximum atomic E-state index is 4.31. The summed E-state index contributed by atoms with van der Waals surface area (Å²) in [6, 6.07) is 10.2. The molecule has 1 N–H and O–H groups in total. The lowest BCUT2D eigenvalue weighted by Crippen LogP contribution is -2.19. The second-order valence-electron chi connectivity index (χ2n) is 4.99. The Bertz CT molecular complexity index is 798. The van der Waals surface area contributed by atoms with Crippen molar-refractivity contribution in [3.05, 3.63) is 66.3 Å².